The quantitative estimate of drug-likeness (QED) is 0.842. The summed E-state index contributed by atoms with van der Waals surface area (Å²) in [5.41, 5.74) is 0.348. The second kappa shape index (κ2) is 7.83. The van der Waals surface area contributed by atoms with Gasteiger partial charge in [0.25, 0.3) is 0 Å². The van der Waals surface area contributed by atoms with Gasteiger partial charge in [-0.2, -0.15) is 0 Å². The summed E-state index contributed by atoms with van der Waals surface area (Å²) < 4.78 is 18.9. The van der Waals surface area contributed by atoms with Crippen LogP contribution in [0.3, 0.4) is 0 Å². The first-order valence-corrected chi connectivity index (χ1v) is 9.32. The third kappa shape index (κ3) is 3.87. The van der Waals surface area contributed by atoms with E-state index in [9.17, 15) is 9.18 Å². The zero-order chi connectivity index (χ0) is 17.9. The summed E-state index contributed by atoms with van der Waals surface area (Å²) in [7, 11) is 4.17. The van der Waals surface area contributed by atoms with Gasteiger partial charge < -0.3 is 14.5 Å². The lowest BCUT2D eigenvalue weighted by atomic mass is 9.73. The topological polar surface area (TPSA) is 32.8 Å². The second-order valence-electron chi connectivity index (χ2n) is 7.57. The number of likely N-dealkylation sites (N-methyl/N-ethyl adjacent to an activating group) is 1. The number of likely N-dealkylation sites (tertiary alicyclic amines) is 1. The maximum absolute atomic E-state index is 13.6. The highest BCUT2D eigenvalue weighted by Crippen LogP contribution is 2.37. The summed E-state index contributed by atoms with van der Waals surface area (Å²) in [6, 6.07) is 6.88. The van der Waals surface area contributed by atoms with Gasteiger partial charge >= 0.3 is 0 Å². The highest BCUT2D eigenvalue weighted by molar-refractivity contribution is 5.88. The zero-order valence-electron chi connectivity index (χ0n) is 15.3. The lowest BCUT2D eigenvalue weighted by Crippen LogP contribution is -2.52. The lowest BCUT2D eigenvalue weighted by Gasteiger charge is -2.41. The molecule has 0 bridgehead atoms. The molecular formula is C20H29FN2O2. The molecule has 5 heteroatoms. The molecule has 0 radical (unpaired) electrons. The Morgan fingerprint density at radius 1 is 1.20 bits per heavy atom. The zero-order valence-corrected chi connectivity index (χ0v) is 15.3. The Morgan fingerprint density at radius 2 is 1.88 bits per heavy atom. The fourth-order valence-electron chi connectivity index (χ4n) is 4.14. The molecule has 2 saturated heterocycles. The maximum atomic E-state index is 13.6. The molecule has 2 heterocycles. The number of ether oxygens (including phenoxy) is 1. The van der Waals surface area contributed by atoms with E-state index in [1.165, 1.54) is 12.1 Å². The Balaban J connectivity index is 1.89. The number of nitrogens with zero attached hydrogens (tertiary/aromatic N) is 2. The fourth-order valence-corrected chi connectivity index (χ4v) is 4.14. The van der Waals surface area contributed by atoms with E-state index in [0.29, 0.717) is 32.1 Å². The predicted octanol–water partition coefficient (Wildman–Crippen LogP) is 2.82. The number of carbonyl (C=O) groups excluding carboxylic acids is 1. The summed E-state index contributed by atoms with van der Waals surface area (Å²) in [6.07, 6.45) is 4.66. The van der Waals surface area contributed by atoms with Gasteiger partial charge in [-0.1, -0.05) is 18.6 Å². The first kappa shape index (κ1) is 18.3. The van der Waals surface area contributed by atoms with Gasteiger partial charge in [0.05, 0.1) is 5.41 Å². The third-order valence-corrected chi connectivity index (χ3v) is 5.82. The largest absolute Gasteiger partial charge is 0.381 e. The smallest absolute Gasteiger partial charge is 0.233 e. The number of halogens is 1. The minimum atomic E-state index is -0.576. The van der Waals surface area contributed by atoms with Gasteiger partial charge in [0.1, 0.15) is 5.82 Å². The summed E-state index contributed by atoms with van der Waals surface area (Å²) in [5, 5.41) is 0. The monoisotopic (exact) mass is 348 g/mol. The Bertz CT molecular complexity index is 582. The molecule has 0 saturated carbocycles. The van der Waals surface area contributed by atoms with Gasteiger partial charge in [-0.15, -0.1) is 0 Å². The standard InChI is InChI=1S/C20H29FN2O2/c1-22(2)18-5-3-4-12-23(15-18)19(24)20(10-13-25-14-11-20)16-6-8-17(21)9-7-16/h6-9,18H,3-5,10-15H2,1-2H3/t18-/m0/s1. The van der Waals surface area contributed by atoms with Gasteiger partial charge in [-0.05, 0) is 57.5 Å². The molecule has 4 nitrogen and oxygen atoms in total. The molecule has 0 aromatic heterocycles. The van der Waals surface area contributed by atoms with E-state index >= 15 is 0 Å². The molecule has 0 unspecified atom stereocenters. The van der Waals surface area contributed by atoms with Gasteiger partial charge in [0.2, 0.25) is 5.91 Å². The van der Waals surface area contributed by atoms with Crippen LogP contribution >= 0.6 is 0 Å². The predicted molar refractivity (Wildman–Crippen MR) is 96.0 cm³/mol. The van der Waals surface area contributed by atoms with Crippen LogP contribution in [0.2, 0.25) is 0 Å². The number of amides is 1. The SMILES string of the molecule is CN(C)[C@H]1CCCCN(C(=O)C2(c3ccc(F)cc3)CCOCC2)C1. The summed E-state index contributed by atoms with van der Waals surface area (Å²) in [4.78, 5) is 17.9. The molecule has 3 rings (SSSR count). The molecule has 1 aromatic carbocycles. The average Bonchev–Trinajstić information content (AvgIpc) is 2.88. The van der Waals surface area contributed by atoms with Crippen LogP contribution in [0.1, 0.15) is 37.7 Å². The number of benzene rings is 1. The minimum absolute atomic E-state index is 0.191. The first-order chi connectivity index (χ1) is 12.0. The van der Waals surface area contributed by atoms with Crippen molar-refractivity contribution in [3.63, 3.8) is 0 Å². The molecule has 1 amide bonds. The van der Waals surface area contributed by atoms with E-state index in [4.69, 9.17) is 4.74 Å². The van der Waals surface area contributed by atoms with Crippen LogP contribution < -0.4 is 0 Å². The van der Waals surface area contributed by atoms with Crippen molar-refractivity contribution in [1.82, 2.24) is 9.80 Å². The summed E-state index contributed by atoms with van der Waals surface area (Å²) in [5.74, 6) is -0.0722. The first-order valence-electron chi connectivity index (χ1n) is 9.32. The van der Waals surface area contributed by atoms with Crippen molar-refractivity contribution < 1.29 is 13.9 Å². The van der Waals surface area contributed by atoms with E-state index in [1.54, 1.807) is 12.1 Å². The number of carbonyl (C=O) groups is 1. The lowest BCUT2D eigenvalue weighted by molar-refractivity contribution is -0.142. The highest BCUT2D eigenvalue weighted by Gasteiger charge is 2.44. The second-order valence-corrected chi connectivity index (χ2v) is 7.57. The fraction of sp³-hybridized carbons (Fsp3) is 0.650. The van der Waals surface area contributed by atoms with Crippen LogP contribution in [-0.4, -0.2) is 62.1 Å². The van der Waals surface area contributed by atoms with E-state index in [-0.39, 0.29) is 11.7 Å². The van der Waals surface area contributed by atoms with Crippen molar-refractivity contribution in [2.75, 3.05) is 40.4 Å². The summed E-state index contributed by atoms with van der Waals surface area (Å²) >= 11 is 0. The molecular weight excluding hydrogens is 319 g/mol. The summed E-state index contributed by atoms with van der Waals surface area (Å²) in [6.45, 7) is 2.74. The Kier molecular flexibility index (Phi) is 5.74. The van der Waals surface area contributed by atoms with Crippen molar-refractivity contribution in [2.24, 2.45) is 0 Å². The van der Waals surface area contributed by atoms with E-state index in [1.807, 2.05) is 4.90 Å². The molecule has 25 heavy (non-hydrogen) atoms. The maximum Gasteiger partial charge on any atom is 0.233 e. The van der Waals surface area contributed by atoms with Gasteiger partial charge in [0.15, 0.2) is 0 Å². The minimum Gasteiger partial charge on any atom is -0.381 e. The average molecular weight is 348 g/mol. The van der Waals surface area contributed by atoms with Gasteiger partial charge in [-0.3, -0.25) is 4.79 Å². The van der Waals surface area contributed by atoms with Crippen LogP contribution in [-0.2, 0) is 14.9 Å². The third-order valence-electron chi connectivity index (χ3n) is 5.82. The van der Waals surface area contributed by atoms with Crippen LogP contribution in [0.15, 0.2) is 24.3 Å². The molecule has 1 atom stereocenters. The molecule has 2 fully saturated rings. The van der Waals surface area contributed by atoms with Crippen molar-refractivity contribution in [3.05, 3.63) is 35.6 Å². The number of rotatable bonds is 3. The van der Waals surface area contributed by atoms with Crippen molar-refractivity contribution in [3.8, 4) is 0 Å². The van der Waals surface area contributed by atoms with Crippen LogP contribution in [0.4, 0.5) is 4.39 Å². The molecule has 0 aliphatic carbocycles. The highest BCUT2D eigenvalue weighted by atomic mass is 19.1. The van der Waals surface area contributed by atoms with Crippen LogP contribution in [0.5, 0.6) is 0 Å². The molecule has 1 aromatic rings. The van der Waals surface area contributed by atoms with Crippen molar-refractivity contribution in [2.45, 2.75) is 43.6 Å². The van der Waals surface area contributed by atoms with E-state index in [2.05, 4.69) is 19.0 Å². The molecule has 0 N–H and O–H groups in total. The Hall–Kier alpha value is -1.46. The number of hydrogen-bond donors (Lipinski definition) is 0. The molecule has 2 aliphatic heterocycles. The Labute approximate surface area is 149 Å². The molecule has 2 aliphatic rings. The normalized spacial score (nSPS) is 24.2. The van der Waals surface area contributed by atoms with Gasteiger partial charge in [0, 0.05) is 32.3 Å². The van der Waals surface area contributed by atoms with E-state index in [0.717, 1.165) is 37.9 Å². The molecule has 138 valence electrons. The van der Waals surface area contributed by atoms with Crippen molar-refractivity contribution >= 4 is 5.91 Å². The number of hydrogen-bond acceptors (Lipinski definition) is 3. The molecule has 0 spiro atoms. The van der Waals surface area contributed by atoms with Crippen molar-refractivity contribution in [1.29, 1.82) is 0 Å². The van der Waals surface area contributed by atoms with Gasteiger partial charge in [-0.25, -0.2) is 4.39 Å². The Morgan fingerprint density at radius 3 is 2.52 bits per heavy atom. The van der Waals surface area contributed by atoms with E-state index < -0.39 is 5.41 Å². The van der Waals surface area contributed by atoms with Crippen LogP contribution in [0.25, 0.3) is 0 Å². The van der Waals surface area contributed by atoms with Crippen LogP contribution in [0, 0.1) is 5.82 Å².